The maximum absolute atomic E-state index is 11.7. The molecule has 7 N–H and O–H groups in total. The van der Waals surface area contributed by atoms with E-state index in [9.17, 15) is 14.4 Å². The van der Waals surface area contributed by atoms with E-state index in [-0.39, 0.29) is 5.96 Å². The van der Waals surface area contributed by atoms with Crippen molar-refractivity contribution in [2.24, 2.45) is 16.5 Å². The number of piperazine rings is 1. The quantitative estimate of drug-likeness (QED) is 0.204. The van der Waals surface area contributed by atoms with Crippen LogP contribution >= 0.6 is 0 Å². The number of guanidine groups is 1. The fraction of sp³-hybridized carbons (Fsp3) is 0.600. The minimum atomic E-state index is -1.15. The van der Waals surface area contributed by atoms with Gasteiger partial charge in [-0.15, -0.1) is 0 Å². The number of hydrogen-bond acceptors (Lipinski definition) is 4. The fourth-order valence-corrected chi connectivity index (χ4v) is 1.70. The summed E-state index contributed by atoms with van der Waals surface area (Å²) in [5.74, 6) is -2.06. The van der Waals surface area contributed by atoms with Crippen LogP contribution in [0.25, 0.3) is 0 Å². The van der Waals surface area contributed by atoms with Gasteiger partial charge in [0.1, 0.15) is 12.1 Å². The van der Waals surface area contributed by atoms with Gasteiger partial charge in [-0.05, 0) is 12.8 Å². The van der Waals surface area contributed by atoms with E-state index in [1.165, 1.54) is 0 Å². The Hall–Kier alpha value is -2.32. The van der Waals surface area contributed by atoms with E-state index < -0.39 is 36.3 Å². The van der Waals surface area contributed by atoms with Crippen LogP contribution in [0.1, 0.15) is 19.3 Å². The Balaban J connectivity index is 2.43. The van der Waals surface area contributed by atoms with Crippen molar-refractivity contribution in [3.8, 4) is 0 Å². The topological polar surface area (TPSA) is 160 Å². The third kappa shape index (κ3) is 4.82. The number of carbonyl (C=O) groups excluding carboxylic acids is 2. The number of rotatable bonds is 6. The molecule has 0 spiro atoms. The summed E-state index contributed by atoms with van der Waals surface area (Å²) in [6, 6.07) is -1.69. The number of carboxylic acid groups (broad SMARTS) is 1. The highest BCUT2D eigenvalue weighted by Gasteiger charge is 2.34. The van der Waals surface area contributed by atoms with Crippen molar-refractivity contribution in [1.82, 2.24) is 10.6 Å². The lowest BCUT2D eigenvalue weighted by Gasteiger charge is -2.28. The zero-order valence-electron chi connectivity index (χ0n) is 10.3. The molecule has 1 aliphatic rings. The van der Waals surface area contributed by atoms with Gasteiger partial charge in [0.15, 0.2) is 5.96 Å². The number of nitrogens with zero attached hydrogens (tertiary/aromatic N) is 1. The van der Waals surface area contributed by atoms with Crippen molar-refractivity contribution in [1.29, 1.82) is 0 Å². The predicted octanol–water partition coefficient (Wildman–Crippen LogP) is -2.50. The first kappa shape index (κ1) is 14.7. The summed E-state index contributed by atoms with van der Waals surface area (Å²) in [6.07, 6.45) is 0.478. The lowest BCUT2D eigenvalue weighted by atomic mass is 10.0. The number of nitrogens with one attached hydrogen (secondary N) is 2. The molecule has 19 heavy (non-hydrogen) atoms. The molecule has 0 bridgehead atoms. The molecule has 1 aliphatic heterocycles. The van der Waals surface area contributed by atoms with Gasteiger partial charge in [0.05, 0.1) is 6.42 Å². The second kappa shape index (κ2) is 6.57. The van der Waals surface area contributed by atoms with Gasteiger partial charge in [-0.2, -0.15) is 0 Å². The van der Waals surface area contributed by atoms with E-state index in [2.05, 4.69) is 15.6 Å². The highest BCUT2D eigenvalue weighted by molar-refractivity contribution is 5.98. The van der Waals surface area contributed by atoms with Crippen molar-refractivity contribution in [2.45, 2.75) is 31.3 Å². The number of aliphatic carboxylic acids is 1. The molecule has 1 saturated heterocycles. The smallest absolute Gasteiger partial charge is 0.305 e. The molecule has 0 aromatic heterocycles. The largest absolute Gasteiger partial charge is 0.481 e. The third-order valence-electron chi connectivity index (χ3n) is 2.59. The molecule has 1 rings (SSSR count). The highest BCUT2D eigenvalue weighted by atomic mass is 16.4. The molecule has 9 nitrogen and oxygen atoms in total. The van der Waals surface area contributed by atoms with Crippen LogP contribution in [0, 0.1) is 0 Å². The summed E-state index contributed by atoms with van der Waals surface area (Å²) in [4.78, 5) is 37.5. The summed E-state index contributed by atoms with van der Waals surface area (Å²) >= 11 is 0. The molecule has 2 amide bonds. The van der Waals surface area contributed by atoms with Crippen LogP contribution in [0.15, 0.2) is 4.99 Å². The summed E-state index contributed by atoms with van der Waals surface area (Å²) in [7, 11) is 0. The first-order valence-electron chi connectivity index (χ1n) is 5.78. The van der Waals surface area contributed by atoms with Crippen LogP contribution in [0.3, 0.4) is 0 Å². The second-order valence-electron chi connectivity index (χ2n) is 4.17. The van der Waals surface area contributed by atoms with Gasteiger partial charge >= 0.3 is 5.97 Å². The van der Waals surface area contributed by atoms with E-state index in [1.807, 2.05) is 0 Å². The zero-order chi connectivity index (χ0) is 14.4. The summed E-state index contributed by atoms with van der Waals surface area (Å²) in [5, 5.41) is 13.5. The molecule has 0 aliphatic carbocycles. The molecule has 2 atom stereocenters. The number of carbonyl (C=O) groups is 3. The normalized spacial score (nSPS) is 22.3. The van der Waals surface area contributed by atoms with Crippen molar-refractivity contribution < 1.29 is 19.5 Å². The van der Waals surface area contributed by atoms with Gasteiger partial charge in [0, 0.05) is 6.54 Å². The molecule has 1 fully saturated rings. The molecular weight excluding hydrogens is 254 g/mol. The predicted molar refractivity (Wildman–Crippen MR) is 66.0 cm³/mol. The number of carboxylic acids is 1. The Kier molecular flexibility index (Phi) is 5.10. The summed E-state index contributed by atoms with van der Waals surface area (Å²) in [5.41, 5.74) is 10.3. The Morgan fingerprint density at radius 1 is 1.21 bits per heavy atom. The molecular formula is C10H17N5O4. The SMILES string of the molecule is NC(N)=NCCC[C@H]1NC(=O)[C@H](CC(=O)O)NC1=O. The Bertz CT molecular complexity index is 405. The maximum atomic E-state index is 11.7. The van der Waals surface area contributed by atoms with Crippen LogP contribution < -0.4 is 22.1 Å². The molecule has 0 aromatic carbocycles. The highest BCUT2D eigenvalue weighted by Crippen LogP contribution is 2.06. The monoisotopic (exact) mass is 271 g/mol. The third-order valence-corrected chi connectivity index (χ3v) is 2.59. The van der Waals surface area contributed by atoms with Gasteiger partial charge in [0.2, 0.25) is 11.8 Å². The molecule has 0 radical (unpaired) electrons. The lowest BCUT2D eigenvalue weighted by Crippen LogP contribution is -2.62. The Morgan fingerprint density at radius 3 is 2.37 bits per heavy atom. The molecule has 9 heteroatoms. The van der Waals surface area contributed by atoms with E-state index in [4.69, 9.17) is 16.6 Å². The molecule has 0 unspecified atom stereocenters. The number of nitrogens with two attached hydrogens (primary N) is 2. The van der Waals surface area contributed by atoms with Crippen LogP contribution in [-0.2, 0) is 14.4 Å². The number of aliphatic imine (C=N–C) groups is 1. The van der Waals surface area contributed by atoms with Gasteiger partial charge in [0.25, 0.3) is 0 Å². The van der Waals surface area contributed by atoms with Gasteiger partial charge in [-0.1, -0.05) is 0 Å². The van der Waals surface area contributed by atoms with Crippen molar-refractivity contribution in [2.75, 3.05) is 6.54 Å². The van der Waals surface area contributed by atoms with Gasteiger partial charge < -0.3 is 27.2 Å². The average Bonchev–Trinajstić information content (AvgIpc) is 2.29. The average molecular weight is 271 g/mol. The van der Waals surface area contributed by atoms with Gasteiger partial charge in [-0.3, -0.25) is 19.4 Å². The first-order chi connectivity index (χ1) is 8.90. The number of hydrogen-bond donors (Lipinski definition) is 5. The van der Waals surface area contributed by atoms with Crippen LogP contribution in [0.5, 0.6) is 0 Å². The maximum Gasteiger partial charge on any atom is 0.305 e. The zero-order valence-corrected chi connectivity index (χ0v) is 10.3. The van der Waals surface area contributed by atoms with Crippen molar-refractivity contribution in [3.05, 3.63) is 0 Å². The summed E-state index contributed by atoms with van der Waals surface area (Å²) < 4.78 is 0. The summed E-state index contributed by atoms with van der Waals surface area (Å²) in [6.45, 7) is 0.362. The lowest BCUT2D eigenvalue weighted by molar-refractivity contribution is -0.143. The van der Waals surface area contributed by atoms with E-state index in [0.29, 0.717) is 19.4 Å². The van der Waals surface area contributed by atoms with E-state index in [0.717, 1.165) is 0 Å². The van der Waals surface area contributed by atoms with Crippen LogP contribution in [-0.4, -0.2) is 47.5 Å². The van der Waals surface area contributed by atoms with Gasteiger partial charge in [-0.25, -0.2) is 0 Å². The molecule has 0 saturated carbocycles. The number of amides is 2. The minimum Gasteiger partial charge on any atom is -0.481 e. The van der Waals surface area contributed by atoms with Crippen LogP contribution in [0.4, 0.5) is 0 Å². The van der Waals surface area contributed by atoms with Crippen molar-refractivity contribution >= 4 is 23.7 Å². The standard InChI is InChI=1S/C10H17N5O4/c11-10(12)13-3-1-2-5-8(18)15-6(4-7(16)17)9(19)14-5/h5-6H,1-4H2,(H,14,19)(H,15,18)(H,16,17)(H4,11,12,13)/t5-,6+/m1/s1. The van der Waals surface area contributed by atoms with E-state index >= 15 is 0 Å². The fourth-order valence-electron chi connectivity index (χ4n) is 1.70. The molecule has 0 aromatic rings. The van der Waals surface area contributed by atoms with Crippen molar-refractivity contribution in [3.63, 3.8) is 0 Å². The van der Waals surface area contributed by atoms with E-state index in [1.54, 1.807) is 0 Å². The Morgan fingerprint density at radius 2 is 1.79 bits per heavy atom. The van der Waals surface area contributed by atoms with Crippen LogP contribution in [0.2, 0.25) is 0 Å². The minimum absolute atomic E-state index is 0.0290. The Labute approximate surface area is 109 Å². The second-order valence-corrected chi connectivity index (χ2v) is 4.17. The molecule has 106 valence electrons. The first-order valence-corrected chi connectivity index (χ1v) is 5.78. The molecule has 1 heterocycles.